The zero-order valence-electron chi connectivity index (χ0n) is 13.8. The highest BCUT2D eigenvalue weighted by Crippen LogP contribution is 2.24. The maximum atomic E-state index is 3.74. The average Bonchev–Trinajstić information content (AvgIpc) is 2.56. The third kappa shape index (κ3) is 5.41. The Morgan fingerprint density at radius 1 is 1.11 bits per heavy atom. The monoisotopic (exact) mass is 269 g/mol. The lowest BCUT2D eigenvalue weighted by atomic mass is 9.99. The molecule has 3 nitrogen and oxygen atoms in total. The van der Waals surface area contributed by atoms with E-state index in [0.29, 0.717) is 12.1 Å². The van der Waals surface area contributed by atoms with E-state index in [1.54, 1.807) is 0 Å². The third-order valence-corrected chi connectivity index (χ3v) is 4.43. The fourth-order valence-corrected chi connectivity index (χ4v) is 3.69. The maximum absolute atomic E-state index is 3.74. The van der Waals surface area contributed by atoms with Crippen LogP contribution in [0.2, 0.25) is 0 Å². The van der Waals surface area contributed by atoms with Crippen molar-refractivity contribution in [2.24, 2.45) is 0 Å². The number of hydrogen-bond acceptors (Lipinski definition) is 3. The summed E-state index contributed by atoms with van der Waals surface area (Å²) >= 11 is 0. The predicted octanol–water partition coefficient (Wildman–Crippen LogP) is 2.57. The summed E-state index contributed by atoms with van der Waals surface area (Å²) in [5.41, 5.74) is 0. The zero-order valence-corrected chi connectivity index (χ0v) is 13.8. The van der Waals surface area contributed by atoms with E-state index in [-0.39, 0.29) is 0 Å². The summed E-state index contributed by atoms with van der Waals surface area (Å²) in [7, 11) is 4.36. The highest BCUT2D eigenvalue weighted by molar-refractivity contribution is 4.89. The molecule has 0 aromatic rings. The van der Waals surface area contributed by atoms with Gasteiger partial charge in [-0.15, -0.1) is 0 Å². The van der Waals surface area contributed by atoms with Crippen molar-refractivity contribution in [2.75, 3.05) is 33.7 Å². The molecule has 0 bridgehead atoms. The topological polar surface area (TPSA) is 18.5 Å². The molecular formula is C16H35N3. The van der Waals surface area contributed by atoms with Gasteiger partial charge in [-0.05, 0) is 47.0 Å². The molecule has 3 unspecified atom stereocenters. The minimum absolute atomic E-state index is 0.643. The molecule has 19 heavy (non-hydrogen) atoms. The number of nitrogens with zero attached hydrogens (tertiary/aromatic N) is 2. The molecule has 0 aromatic carbocycles. The molecular weight excluding hydrogens is 234 g/mol. The summed E-state index contributed by atoms with van der Waals surface area (Å²) in [4.78, 5) is 5.05. The fraction of sp³-hybridized carbons (Fsp3) is 1.00. The van der Waals surface area contributed by atoms with Crippen molar-refractivity contribution in [1.29, 1.82) is 0 Å². The second-order valence-corrected chi connectivity index (χ2v) is 6.31. The molecule has 0 aliphatic heterocycles. The van der Waals surface area contributed by atoms with Gasteiger partial charge < -0.3 is 10.2 Å². The van der Waals surface area contributed by atoms with E-state index < -0.39 is 0 Å². The normalized spacial score (nSPS) is 26.7. The molecule has 3 heteroatoms. The molecule has 0 aromatic heterocycles. The van der Waals surface area contributed by atoms with Gasteiger partial charge in [0, 0.05) is 24.7 Å². The average molecular weight is 269 g/mol. The van der Waals surface area contributed by atoms with Crippen LogP contribution in [0.4, 0.5) is 0 Å². The van der Waals surface area contributed by atoms with Crippen LogP contribution in [0.5, 0.6) is 0 Å². The molecule has 1 fully saturated rings. The Balaban J connectivity index is 2.72. The van der Waals surface area contributed by atoms with E-state index in [4.69, 9.17) is 0 Å². The maximum Gasteiger partial charge on any atom is 0.0252 e. The van der Waals surface area contributed by atoms with Gasteiger partial charge in [0.25, 0.3) is 0 Å². The Bertz CT molecular complexity index is 230. The largest absolute Gasteiger partial charge is 0.313 e. The van der Waals surface area contributed by atoms with Crippen molar-refractivity contribution in [3.05, 3.63) is 0 Å². The Kier molecular flexibility index (Phi) is 7.96. The fourth-order valence-electron chi connectivity index (χ4n) is 3.69. The lowest BCUT2D eigenvalue weighted by Gasteiger charge is -2.40. The summed E-state index contributed by atoms with van der Waals surface area (Å²) < 4.78 is 0. The molecule has 3 atom stereocenters. The summed E-state index contributed by atoms with van der Waals surface area (Å²) in [6, 6.07) is 2.06. The van der Waals surface area contributed by atoms with E-state index >= 15 is 0 Å². The van der Waals surface area contributed by atoms with Crippen LogP contribution in [-0.2, 0) is 0 Å². The molecule has 1 saturated carbocycles. The van der Waals surface area contributed by atoms with Gasteiger partial charge in [-0.25, -0.2) is 0 Å². The summed E-state index contributed by atoms with van der Waals surface area (Å²) in [6.45, 7) is 10.4. The minimum atomic E-state index is 0.643. The molecule has 1 rings (SSSR count). The van der Waals surface area contributed by atoms with Crippen LogP contribution in [0.1, 0.15) is 52.9 Å². The molecule has 1 aliphatic carbocycles. The first kappa shape index (κ1) is 16.9. The lowest BCUT2D eigenvalue weighted by Crippen LogP contribution is -2.54. The Hall–Kier alpha value is -0.120. The number of nitrogens with one attached hydrogen (secondary N) is 1. The van der Waals surface area contributed by atoms with Crippen molar-refractivity contribution < 1.29 is 0 Å². The molecule has 0 saturated heterocycles. The SMILES string of the molecule is CCNC1CCCCCC1N(CC)C(C)CN(C)C. The van der Waals surface area contributed by atoms with Gasteiger partial charge >= 0.3 is 0 Å². The molecule has 0 amide bonds. The first-order valence-electron chi connectivity index (χ1n) is 8.24. The number of likely N-dealkylation sites (N-methyl/N-ethyl adjacent to an activating group) is 3. The van der Waals surface area contributed by atoms with Crippen molar-refractivity contribution in [2.45, 2.75) is 71.0 Å². The Labute approximate surface area is 120 Å². The Morgan fingerprint density at radius 3 is 2.37 bits per heavy atom. The quantitative estimate of drug-likeness (QED) is 0.717. The molecule has 0 heterocycles. The van der Waals surface area contributed by atoms with Crippen LogP contribution in [0.25, 0.3) is 0 Å². The first-order chi connectivity index (χ1) is 9.10. The van der Waals surface area contributed by atoms with Gasteiger partial charge in [-0.3, -0.25) is 4.90 Å². The van der Waals surface area contributed by atoms with Crippen LogP contribution in [0.3, 0.4) is 0 Å². The summed E-state index contributed by atoms with van der Waals surface area (Å²) in [5.74, 6) is 0. The van der Waals surface area contributed by atoms with Crippen molar-refractivity contribution in [3.63, 3.8) is 0 Å². The van der Waals surface area contributed by atoms with Gasteiger partial charge in [0.15, 0.2) is 0 Å². The second-order valence-electron chi connectivity index (χ2n) is 6.31. The zero-order chi connectivity index (χ0) is 14.3. The van der Waals surface area contributed by atoms with Gasteiger partial charge in [0.2, 0.25) is 0 Å². The third-order valence-electron chi connectivity index (χ3n) is 4.43. The highest BCUT2D eigenvalue weighted by atomic mass is 15.2. The van der Waals surface area contributed by atoms with Crippen LogP contribution < -0.4 is 5.32 Å². The predicted molar refractivity (Wildman–Crippen MR) is 84.7 cm³/mol. The van der Waals surface area contributed by atoms with Crippen molar-refractivity contribution >= 4 is 0 Å². The van der Waals surface area contributed by atoms with Gasteiger partial charge in [0.05, 0.1) is 0 Å². The highest BCUT2D eigenvalue weighted by Gasteiger charge is 2.30. The van der Waals surface area contributed by atoms with E-state index in [9.17, 15) is 0 Å². The van der Waals surface area contributed by atoms with E-state index in [1.807, 2.05) is 0 Å². The second kappa shape index (κ2) is 8.93. The van der Waals surface area contributed by atoms with Gasteiger partial charge in [0.1, 0.15) is 0 Å². The molecule has 1 N–H and O–H groups in total. The summed E-state index contributed by atoms with van der Waals surface area (Å²) in [6.07, 6.45) is 6.93. The number of hydrogen-bond donors (Lipinski definition) is 1. The lowest BCUT2D eigenvalue weighted by molar-refractivity contribution is 0.0963. The number of rotatable bonds is 7. The van der Waals surface area contributed by atoms with Crippen molar-refractivity contribution in [3.8, 4) is 0 Å². The van der Waals surface area contributed by atoms with E-state index in [0.717, 1.165) is 19.1 Å². The van der Waals surface area contributed by atoms with Crippen molar-refractivity contribution in [1.82, 2.24) is 15.1 Å². The smallest absolute Gasteiger partial charge is 0.0252 e. The van der Waals surface area contributed by atoms with Crippen LogP contribution in [-0.4, -0.2) is 61.7 Å². The van der Waals surface area contributed by atoms with E-state index in [2.05, 4.69) is 50.0 Å². The molecule has 114 valence electrons. The molecule has 0 radical (unpaired) electrons. The van der Waals surface area contributed by atoms with Gasteiger partial charge in [-0.2, -0.15) is 0 Å². The van der Waals surface area contributed by atoms with E-state index in [1.165, 1.54) is 38.6 Å². The summed E-state index contributed by atoms with van der Waals surface area (Å²) in [5, 5.41) is 3.74. The van der Waals surface area contributed by atoms with Crippen LogP contribution >= 0.6 is 0 Å². The van der Waals surface area contributed by atoms with Crippen LogP contribution in [0, 0.1) is 0 Å². The Morgan fingerprint density at radius 2 is 1.79 bits per heavy atom. The van der Waals surface area contributed by atoms with Gasteiger partial charge in [-0.1, -0.05) is 33.1 Å². The standard InChI is InChI=1S/C16H35N3/c1-6-17-15-11-9-8-10-12-16(15)19(7-2)14(3)13-18(4)5/h14-17H,6-13H2,1-5H3. The minimum Gasteiger partial charge on any atom is -0.313 e. The van der Waals surface area contributed by atoms with Crippen LogP contribution in [0.15, 0.2) is 0 Å². The first-order valence-corrected chi connectivity index (χ1v) is 8.24. The molecule has 0 spiro atoms. The molecule has 1 aliphatic rings.